The summed E-state index contributed by atoms with van der Waals surface area (Å²) in [4.78, 5) is 31.8. The molecular formula is C15H15N3O3. The molecule has 0 aliphatic heterocycles. The first kappa shape index (κ1) is 14.6. The number of aromatic nitrogens is 2. The van der Waals surface area contributed by atoms with Crippen molar-refractivity contribution >= 4 is 17.7 Å². The van der Waals surface area contributed by atoms with E-state index in [0.29, 0.717) is 5.56 Å². The number of hydrogen-bond acceptors (Lipinski definition) is 5. The van der Waals surface area contributed by atoms with Gasteiger partial charge in [-0.1, -0.05) is 17.7 Å². The average molecular weight is 285 g/mol. The first-order valence-corrected chi connectivity index (χ1v) is 6.48. The molecule has 0 aliphatic carbocycles. The van der Waals surface area contributed by atoms with Gasteiger partial charge in [-0.3, -0.25) is 4.79 Å². The molecule has 0 saturated carbocycles. The number of hydrogen-bond donors (Lipinski definition) is 1. The van der Waals surface area contributed by atoms with Crippen LogP contribution < -0.4 is 5.32 Å². The largest absolute Gasteiger partial charge is 0.461 e. The molecule has 0 unspecified atom stereocenters. The fourth-order valence-corrected chi connectivity index (χ4v) is 1.66. The normalized spacial score (nSPS) is 10.0. The maximum atomic E-state index is 12.1. The predicted molar refractivity (Wildman–Crippen MR) is 77.1 cm³/mol. The van der Waals surface area contributed by atoms with E-state index in [-0.39, 0.29) is 24.0 Å². The van der Waals surface area contributed by atoms with E-state index < -0.39 is 5.97 Å². The van der Waals surface area contributed by atoms with E-state index in [1.54, 1.807) is 19.1 Å². The number of nitrogens with zero attached hydrogens (tertiary/aromatic N) is 2. The molecule has 2 aromatic rings. The summed E-state index contributed by atoms with van der Waals surface area (Å²) in [6.45, 7) is 3.85. The number of rotatable bonds is 4. The number of benzene rings is 1. The first-order chi connectivity index (χ1) is 10.1. The third-order valence-corrected chi connectivity index (χ3v) is 2.71. The smallest absolute Gasteiger partial charge is 0.360 e. The van der Waals surface area contributed by atoms with Crippen molar-refractivity contribution in [2.45, 2.75) is 13.8 Å². The Hall–Kier alpha value is -2.76. The molecule has 0 aliphatic rings. The molecule has 6 nitrogen and oxygen atoms in total. The Morgan fingerprint density at radius 3 is 2.48 bits per heavy atom. The van der Waals surface area contributed by atoms with Gasteiger partial charge >= 0.3 is 5.97 Å². The zero-order valence-electron chi connectivity index (χ0n) is 11.8. The number of carbonyl (C=O) groups is 2. The quantitative estimate of drug-likeness (QED) is 0.871. The Morgan fingerprint density at radius 2 is 1.81 bits per heavy atom. The predicted octanol–water partition coefficient (Wildman–Crippen LogP) is 2.21. The van der Waals surface area contributed by atoms with E-state index >= 15 is 0 Å². The number of carbonyl (C=O) groups excluding carboxylic acids is 2. The van der Waals surface area contributed by atoms with Crippen molar-refractivity contribution in [3.8, 4) is 0 Å². The van der Waals surface area contributed by atoms with E-state index in [4.69, 9.17) is 4.74 Å². The molecule has 1 N–H and O–H groups in total. The van der Waals surface area contributed by atoms with Gasteiger partial charge in [0.1, 0.15) is 0 Å². The molecular weight excluding hydrogens is 270 g/mol. The molecule has 108 valence electrons. The van der Waals surface area contributed by atoms with Gasteiger partial charge in [-0.2, -0.15) is 0 Å². The van der Waals surface area contributed by atoms with Gasteiger partial charge in [-0.05, 0) is 26.0 Å². The number of esters is 1. The molecule has 1 aromatic carbocycles. The minimum atomic E-state index is -0.621. The van der Waals surface area contributed by atoms with Crippen LogP contribution in [-0.4, -0.2) is 28.5 Å². The summed E-state index contributed by atoms with van der Waals surface area (Å²) >= 11 is 0. The highest BCUT2D eigenvalue weighted by Crippen LogP contribution is 2.12. The van der Waals surface area contributed by atoms with Crippen molar-refractivity contribution in [3.05, 3.63) is 53.5 Å². The summed E-state index contributed by atoms with van der Waals surface area (Å²) in [5, 5.41) is 2.57. The molecule has 0 bridgehead atoms. The van der Waals surface area contributed by atoms with Gasteiger partial charge in [-0.25, -0.2) is 14.8 Å². The first-order valence-electron chi connectivity index (χ1n) is 6.48. The SMILES string of the molecule is CCOC(=O)c1nccnc1NC(=O)c1ccc(C)cc1. The maximum Gasteiger partial charge on any atom is 0.360 e. The summed E-state index contributed by atoms with van der Waals surface area (Å²) in [6.07, 6.45) is 2.77. The molecule has 21 heavy (non-hydrogen) atoms. The van der Waals surface area contributed by atoms with E-state index in [1.807, 2.05) is 19.1 Å². The van der Waals surface area contributed by atoms with E-state index in [9.17, 15) is 9.59 Å². The van der Waals surface area contributed by atoms with Crippen molar-refractivity contribution in [1.29, 1.82) is 0 Å². The number of anilines is 1. The van der Waals surface area contributed by atoms with Gasteiger partial charge in [0.05, 0.1) is 6.61 Å². The topological polar surface area (TPSA) is 81.2 Å². The van der Waals surface area contributed by atoms with Gasteiger partial charge in [0.15, 0.2) is 11.5 Å². The van der Waals surface area contributed by atoms with Crippen LogP contribution in [0.4, 0.5) is 5.82 Å². The average Bonchev–Trinajstić information content (AvgIpc) is 2.48. The van der Waals surface area contributed by atoms with Crippen LogP contribution in [0.2, 0.25) is 0 Å². The van der Waals surface area contributed by atoms with Gasteiger partial charge in [-0.15, -0.1) is 0 Å². The summed E-state index contributed by atoms with van der Waals surface area (Å²) in [7, 11) is 0. The number of aryl methyl sites for hydroxylation is 1. The third-order valence-electron chi connectivity index (χ3n) is 2.71. The molecule has 2 rings (SSSR count). The molecule has 0 spiro atoms. The van der Waals surface area contributed by atoms with Crippen molar-refractivity contribution in [2.24, 2.45) is 0 Å². The zero-order chi connectivity index (χ0) is 15.2. The lowest BCUT2D eigenvalue weighted by molar-refractivity contribution is 0.0520. The van der Waals surface area contributed by atoms with Crippen LogP contribution in [0.15, 0.2) is 36.7 Å². The van der Waals surface area contributed by atoms with Crippen LogP contribution in [-0.2, 0) is 4.74 Å². The standard InChI is InChI=1S/C15H15N3O3/c1-3-21-15(20)12-13(17-9-8-16-12)18-14(19)11-6-4-10(2)5-7-11/h4-9H,3H2,1-2H3,(H,17,18,19). The van der Waals surface area contributed by atoms with Crippen molar-refractivity contribution in [3.63, 3.8) is 0 Å². The second-order valence-corrected chi connectivity index (χ2v) is 4.29. The third kappa shape index (κ3) is 3.62. The molecule has 0 fully saturated rings. The van der Waals surface area contributed by atoms with Crippen LogP contribution in [0.5, 0.6) is 0 Å². The summed E-state index contributed by atoms with van der Waals surface area (Å²) in [6, 6.07) is 7.06. The van der Waals surface area contributed by atoms with Crippen LogP contribution in [0.3, 0.4) is 0 Å². The lowest BCUT2D eigenvalue weighted by Gasteiger charge is -2.08. The second kappa shape index (κ2) is 6.60. The summed E-state index contributed by atoms with van der Waals surface area (Å²) < 4.78 is 4.88. The Kier molecular flexibility index (Phi) is 4.61. The highest BCUT2D eigenvalue weighted by molar-refractivity contribution is 6.06. The molecule has 0 atom stereocenters. The Bertz CT molecular complexity index is 653. The van der Waals surface area contributed by atoms with Crippen molar-refractivity contribution < 1.29 is 14.3 Å². The van der Waals surface area contributed by atoms with Crippen molar-refractivity contribution in [2.75, 3.05) is 11.9 Å². The molecule has 1 amide bonds. The van der Waals surface area contributed by atoms with Gasteiger partial charge < -0.3 is 10.1 Å². The molecule has 0 radical (unpaired) electrons. The maximum absolute atomic E-state index is 12.1. The number of amides is 1. The van der Waals surface area contributed by atoms with Crippen LogP contribution >= 0.6 is 0 Å². The second-order valence-electron chi connectivity index (χ2n) is 4.29. The van der Waals surface area contributed by atoms with E-state index in [1.165, 1.54) is 12.4 Å². The molecule has 1 heterocycles. The Morgan fingerprint density at radius 1 is 1.14 bits per heavy atom. The van der Waals surface area contributed by atoms with Crippen LogP contribution in [0.1, 0.15) is 33.3 Å². The lowest BCUT2D eigenvalue weighted by atomic mass is 10.1. The highest BCUT2D eigenvalue weighted by Gasteiger charge is 2.17. The fourth-order valence-electron chi connectivity index (χ4n) is 1.66. The fraction of sp³-hybridized carbons (Fsp3) is 0.200. The van der Waals surface area contributed by atoms with Crippen molar-refractivity contribution in [1.82, 2.24) is 9.97 Å². The highest BCUT2D eigenvalue weighted by atomic mass is 16.5. The number of nitrogens with one attached hydrogen (secondary N) is 1. The zero-order valence-corrected chi connectivity index (χ0v) is 11.8. The molecule has 0 saturated heterocycles. The Labute approximate surface area is 122 Å². The minimum absolute atomic E-state index is 0.0141. The monoisotopic (exact) mass is 285 g/mol. The van der Waals surface area contributed by atoms with Gasteiger partial charge in [0, 0.05) is 18.0 Å². The summed E-state index contributed by atoms with van der Waals surface area (Å²) in [5.41, 5.74) is 1.51. The van der Waals surface area contributed by atoms with Crippen LogP contribution in [0.25, 0.3) is 0 Å². The van der Waals surface area contributed by atoms with E-state index in [2.05, 4.69) is 15.3 Å². The van der Waals surface area contributed by atoms with E-state index in [0.717, 1.165) is 5.56 Å². The van der Waals surface area contributed by atoms with Gasteiger partial charge in [0.25, 0.3) is 5.91 Å². The molecule has 6 heteroatoms. The number of ether oxygens (including phenoxy) is 1. The minimum Gasteiger partial charge on any atom is -0.461 e. The lowest BCUT2D eigenvalue weighted by Crippen LogP contribution is -2.18. The van der Waals surface area contributed by atoms with Gasteiger partial charge in [0.2, 0.25) is 0 Å². The van der Waals surface area contributed by atoms with Crippen LogP contribution in [0, 0.1) is 6.92 Å². The summed E-state index contributed by atoms with van der Waals surface area (Å²) in [5.74, 6) is -0.896. The molecule has 1 aromatic heterocycles. The Balaban J connectivity index is 2.21.